The summed E-state index contributed by atoms with van der Waals surface area (Å²) in [6, 6.07) is 7.33. The summed E-state index contributed by atoms with van der Waals surface area (Å²) in [5, 5.41) is 9.11. The monoisotopic (exact) mass is 292 g/mol. The van der Waals surface area contributed by atoms with E-state index in [0.29, 0.717) is 18.4 Å². The van der Waals surface area contributed by atoms with E-state index in [2.05, 4.69) is 23.9 Å². The van der Waals surface area contributed by atoms with E-state index in [-0.39, 0.29) is 5.56 Å². The van der Waals surface area contributed by atoms with Crippen LogP contribution in [0, 0.1) is 0 Å². The van der Waals surface area contributed by atoms with E-state index >= 15 is 0 Å². The van der Waals surface area contributed by atoms with Gasteiger partial charge in [0.1, 0.15) is 17.9 Å². The van der Waals surface area contributed by atoms with E-state index in [0.717, 1.165) is 13.1 Å². The highest BCUT2D eigenvalue weighted by atomic mass is 16.5. The van der Waals surface area contributed by atoms with E-state index in [1.54, 1.807) is 24.3 Å². The SMILES string of the molecule is CN1CCCC(N(C)CCOc2ccccc2C(=O)O)C1. The number of aromatic carboxylic acids is 1. The second-order valence-electron chi connectivity index (χ2n) is 5.69. The van der Waals surface area contributed by atoms with E-state index in [1.807, 2.05) is 0 Å². The number of carbonyl (C=O) groups is 1. The third kappa shape index (κ3) is 4.44. The number of hydrogen-bond donors (Lipinski definition) is 1. The van der Waals surface area contributed by atoms with E-state index in [1.165, 1.54) is 19.4 Å². The maximum absolute atomic E-state index is 11.1. The number of para-hydroxylation sites is 1. The van der Waals surface area contributed by atoms with Crippen molar-refractivity contribution < 1.29 is 14.6 Å². The highest BCUT2D eigenvalue weighted by molar-refractivity contribution is 5.90. The van der Waals surface area contributed by atoms with Gasteiger partial charge in [-0.05, 0) is 45.6 Å². The molecule has 1 aromatic rings. The molecule has 2 rings (SSSR count). The molecule has 1 heterocycles. The van der Waals surface area contributed by atoms with Crippen LogP contribution < -0.4 is 4.74 Å². The van der Waals surface area contributed by atoms with Gasteiger partial charge < -0.3 is 14.7 Å². The Morgan fingerprint density at radius 3 is 2.95 bits per heavy atom. The molecule has 21 heavy (non-hydrogen) atoms. The number of piperidine rings is 1. The van der Waals surface area contributed by atoms with Crippen molar-refractivity contribution in [1.82, 2.24) is 9.80 Å². The Balaban J connectivity index is 1.82. The molecule has 0 amide bonds. The number of rotatable bonds is 6. The van der Waals surface area contributed by atoms with Gasteiger partial charge in [-0.25, -0.2) is 4.79 Å². The quantitative estimate of drug-likeness (QED) is 0.866. The average molecular weight is 292 g/mol. The standard InChI is InChI=1S/C16H24N2O3/c1-17-9-5-6-13(12-17)18(2)10-11-21-15-8-4-3-7-14(15)16(19)20/h3-4,7-8,13H,5-6,9-12H2,1-2H3,(H,19,20). The number of likely N-dealkylation sites (N-methyl/N-ethyl adjacent to an activating group) is 2. The molecular formula is C16H24N2O3. The molecule has 1 aliphatic heterocycles. The number of benzene rings is 1. The molecule has 0 radical (unpaired) electrons. The van der Waals surface area contributed by atoms with Gasteiger partial charge in [0.2, 0.25) is 0 Å². The van der Waals surface area contributed by atoms with Gasteiger partial charge >= 0.3 is 5.97 Å². The minimum Gasteiger partial charge on any atom is -0.491 e. The predicted molar refractivity (Wildman–Crippen MR) is 82.0 cm³/mol. The maximum Gasteiger partial charge on any atom is 0.339 e. The van der Waals surface area contributed by atoms with Crippen LogP contribution in [0.5, 0.6) is 5.75 Å². The van der Waals surface area contributed by atoms with Crippen molar-refractivity contribution in [3.63, 3.8) is 0 Å². The minimum atomic E-state index is -0.951. The second kappa shape index (κ2) is 7.43. The van der Waals surface area contributed by atoms with Gasteiger partial charge in [0.25, 0.3) is 0 Å². The Kier molecular flexibility index (Phi) is 5.59. The van der Waals surface area contributed by atoms with Gasteiger partial charge in [-0.15, -0.1) is 0 Å². The van der Waals surface area contributed by atoms with E-state index < -0.39 is 5.97 Å². The zero-order chi connectivity index (χ0) is 15.2. The predicted octanol–water partition coefficient (Wildman–Crippen LogP) is 1.79. The van der Waals surface area contributed by atoms with E-state index in [4.69, 9.17) is 9.84 Å². The fraction of sp³-hybridized carbons (Fsp3) is 0.562. The first-order valence-corrected chi connectivity index (χ1v) is 7.42. The number of ether oxygens (including phenoxy) is 1. The Labute approximate surface area is 126 Å². The molecule has 1 aromatic carbocycles. The normalized spacial score (nSPS) is 19.7. The van der Waals surface area contributed by atoms with Crippen molar-refractivity contribution in [2.24, 2.45) is 0 Å². The highest BCUT2D eigenvalue weighted by Gasteiger charge is 2.20. The van der Waals surface area contributed by atoms with Crippen LogP contribution in [0.1, 0.15) is 23.2 Å². The van der Waals surface area contributed by atoms with Gasteiger partial charge in [0.15, 0.2) is 0 Å². The molecular weight excluding hydrogens is 268 g/mol. The Bertz CT molecular complexity index is 478. The first-order chi connectivity index (χ1) is 10.1. The summed E-state index contributed by atoms with van der Waals surface area (Å²) in [4.78, 5) is 15.8. The van der Waals surface area contributed by atoms with Crippen molar-refractivity contribution in [1.29, 1.82) is 0 Å². The molecule has 116 valence electrons. The fourth-order valence-electron chi connectivity index (χ4n) is 2.75. The van der Waals surface area contributed by atoms with Crippen molar-refractivity contribution >= 4 is 5.97 Å². The lowest BCUT2D eigenvalue weighted by Gasteiger charge is -2.35. The maximum atomic E-state index is 11.1. The van der Waals surface area contributed by atoms with Gasteiger partial charge in [-0.3, -0.25) is 4.90 Å². The number of likely N-dealkylation sites (tertiary alicyclic amines) is 1. The van der Waals surface area contributed by atoms with Crippen molar-refractivity contribution in [3.8, 4) is 5.75 Å². The van der Waals surface area contributed by atoms with E-state index in [9.17, 15) is 4.79 Å². The highest BCUT2D eigenvalue weighted by Crippen LogP contribution is 2.18. The van der Waals surface area contributed by atoms with Crippen LogP contribution >= 0.6 is 0 Å². The van der Waals surface area contributed by atoms with Gasteiger partial charge in [-0.2, -0.15) is 0 Å². The first kappa shape index (κ1) is 15.8. The zero-order valence-electron chi connectivity index (χ0n) is 12.8. The Morgan fingerprint density at radius 1 is 1.48 bits per heavy atom. The molecule has 1 unspecified atom stereocenters. The Hall–Kier alpha value is -1.59. The first-order valence-electron chi connectivity index (χ1n) is 7.42. The summed E-state index contributed by atoms with van der Waals surface area (Å²) in [5.74, 6) is -0.507. The molecule has 1 aliphatic rings. The molecule has 1 atom stereocenters. The molecule has 0 saturated carbocycles. The molecule has 1 saturated heterocycles. The summed E-state index contributed by atoms with van der Waals surface area (Å²) in [6.45, 7) is 3.56. The van der Waals surface area contributed by atoms with Gasteiger partial charge in [0, 0.05) is 19.1 Å². The molecule has 0 aromatic heterocycles. The largest absolute Gasteiger partial charge is 0.491 e. The lowest BCUT2D eigenvalue weighted by Crippen LogP contribution is -2.46. The third-order valence-corrected chi connectivity index (χ3v) is 4.04. The number of nitrogens with zero attached hydrogens (tertiary/aromatic N) is 2. The van der Waals surface area contributed by atoms with Crippen LogP contribution in [0.4, 0.5) is 0 Å². The smallest absolute Gasteiger partial charge is 0.339 e. The molecule has 0 bridgehead atoms. The zero-order valence-corrected chi connectivity index (χ0v) is 12.8. The molecule has 5 heteroatoms. The fourth-order valence-corrected chi connectivity index (χ4v) is 2.75. The van der Waals surface area contributed by atoms with Crippen LogP contribution in [-0.4, -0.2) is 67.3 Å². The molecule has 1 fully saturated rings. The average Bonchev–Trinajstić information content (AvgIpc) is 2.47. The van der Waals surface area contributed by atoms with Crippen molar-refractivity contribution in [2.75, 3.05) is 40.3 Å². The molecule has 1 N–H and O–H groups in total. The number of hydrogen-bond acceptors (Lipinski definition) is 4. The summed E-state index contributed by atoms with van der Waals surface area (Å²) in [6.07, 6.45) is 2.45. The second-order valence-corrected chi connectivity index (χ2v) is 5.69. The lowest BCUT2D eigenvalue weighted by atomic mass is 10.1. The molecule has 5 nitrogen and oxygen atoms in total. The molecule has 0 aliphatic carbocycles. The number of carboxylic acid groups (broad SMARTS) is 1. The van der Waals surface area contributed by atoms with Crippen LogP contribution in [0.15, 0.2) is 24.3 Å². The van der Waals surface area contributed by atoms with Crippen molar-refractivity contribution in [3.05, 3.63) is 29.8 Å². The molecule has 0 spiro atoms. The van der Waals surface area contributed by atoms with Gasteiger partial charge in [0.05, 0.1) is 0 Å². The van der Waals surface area contributed by atoms with Crippen LogP contribution in [-0.2, 0) is 0 Å². The lowest BCUT2D eigenvalue weighted by molar-refractivity contribution is 0.0690. The summed E-state index contributed by atoms with van der Waals surface area (Å²) in [5.41, 5.74) is 0.220. The van der Waals surface area contributed by atoms with Crippen molar-refractivity contribution in [2.45, 2.75) is 18.9 Å². The van der Waals surface area contributed by atoms with Crippen LogP contribution in [0.2, 0.25) is 0 Å². The summed E-state index contributed by atoms with van der Waals surface area (Å²) in [7, 11) is 4.26. The number of carboxylic acids is 1. The van der Waals surface area contributed by atoms with Crippen LogP contribution in [0.3, 0.4) is 0 Å². The minimum absolute atomic E-state index is 0.220. The third-order valence-electron chi connectivity index (χ3n) is 4.04. The summed E-state index contributed by atoms with van der Waals surface area (Å²) >= 11 is 0. The Morgan fingerprint density at radius 2 is 2.24 bits per heavy atom. The van der Waals surface area contributed by atoms with Crippen LogP contribution in [0.25, 0.3) is 0 Å². The van der Waals surface area contributed by atoms with Gasteiger partial charge in [-0.1, -0.05) is 12.1 Å². The summed E-state index contributed by atoms with van der Waals surface area (Å²) < 4.78 is 5.65. The topological polar surface area (TPSA) is 53.0 Å².